The quantitative estimate of drug-likeness (QED) is 0.732. The Morgan fingerprint density at radius 1 is 1.40 bits per heavy atom. The summed E-state index contributed by atoms with van der Waals surface area (Å²) in [5.41, 5.74) is 0. The van der Waals surface area contributed by atoms with E-state index in [4.69, 9.17) is 5.11 Å². The van der Waals surface area contributed by atoms with Gasteiger partial charge in [-0.25, -0.2) is 0 Å². The van der Waals surface area contributed by atoms with Crippen LogP contribution < -0.4 is 0 Å². The van der Waals surface area contributed by atoms with Crippen LogP contribution in [0.15, 0.2) is 0 Å². The Labute approximate surface area is 91.9 Å². The maximum absolute atomic E-state index is 11.9. The van der Waals surface area contributed by atoms with Crippen LogP contribution in [0.4, 0.5) is 0 Å². The van der Waals surface area contributed by atoms with Crippen LogP contribution >= 0.6 is 0 Å². The van der Waals surface area contributed by atoms with Crippen molar-refractivity contribution in [3.63, 3.8) is 0 Å². The molecule has 1 heterocycles. The van der Waals surface area contributed by atoms with E-state index in [1.165, 1.54) is 8.61 Å². The van der Waals surface area contributed by atoms with E-state index in [1.54, 1.807) is 14.0 Å². The molecule has 90 valence electrons. The molecule has 0 bridgehead atoms. The Kier molecular flexibility index (Phi) is 4.51. The average molecular weight is 236 g/mol. The molecule has 0 radical (unpaired) electrons. The first kappa shape index (κ1) is 12.9. The minimum Gasteiger partial charge on any atom is -0.393 e. The van der Waals surface area contributed by atoms with Crippen LogP contribution in [0.25, 0.3) is 0 Å². The summed E-state index contributed by atoms with van der Waals surface area (Å²) in [5.74, 6) is 0. The van der Waals surface area contributed by atoms with E-state index >= 15 is 0 Å². The van der Waals surface area contributed by atoms with Crippen LogP contribution in [-0.4, -0.2) is 54.9 Å². The molecular formula is C9H20N2O3S. The van der Waals surface area contributed by atoms with Crippen molar-refractivity contribution < 1.29 is 13.5 Å². The number of hydrogen-bond acceptors (Lipinski definition) is 3. The Morgan fingerprint density at radius 3 is 2.40 bits per heavy atom. The number of aliphatic hydroxyl groups excluding tert-OH is 1. The Morgan fingerprint density at radius 2 is 1.93 bits per heavy atom. The van der Waals surface area contributed by atoms with E-state index in [2.05, 4.69) is 0 Å². The third-order valence-corrected chi connectivity index (χ3v) is 4.63. The lowest BCUT2D eigenvalue weighted by Gasteiger charge is -2.24. The maximum atomic E-state index is 11.9. The van der Waals surface area contributed by atoms with Crippen LogP contribution in [0, 0.1) is 0 Å². The largest absolute Gasteiger partial charge is 0.393 e. The van der Waals surface area contributed by atoms with Crippen molar-refractivity contribution in [3.8, 4) is 0 Å². The highest BCUT2D eigenvalue weighted by atomic mass is 32.2. The van der Waals surface area contributed by atoms with Crippen molar-refractivity contribution in [2.45, 2.75) is 32.3 Å². The molecule has 1 aliphatic rings. The van der Waals surface area contributed by atoms with Crippen molar-refractivity contribution in [2.75, 3.05) is 26.7 Å². The summed E-state index contributed by atoms with van der Waals surface area (Å²) in [5, 5.41) is 9.10. The minimum atomic E-state index is -3.28. The number of aliphatic hydroxyl groups is 1. The Bertz CT molecular complexity index is 284. The molecule has 1 atom stereocenters. The van der Waals surface area contributed by atoms with Gasteiger partial charge in [0.25, 0.3) is 10.2 Å². The highest BCUT2D eigenvalue weighted by molar-refractivity contribution is 7.86. The molecule has 0 aromatic carbocycles. The molecular weight excluding hydrogens is 216 g/mol. The smallest absolute Gasteiger partial charge is 0.281 e. The SMILES string of the molecule is CC(O)CCN(C)S(=O)(=O)N1CCCC1. The summed E-state index contributed by atoms with van der Waals surface area (Å²) in [7, 11) is -1.71. The summed E-state index contributed by atoms with van der Waals surface area (Å²) in [4.78, 5) is 0. The molecule has 5 nitrogen and oxygen atoms in total. The molecule has 1 saturated heterocycles. The molecule has 0 spiro atoms. The summed E-state index contributed by atoms with van der Waals surface area (Å²) in [6.45, 7) is 3.29. The normalized spacial score (nSPS) is 21.1. The molecule has 1 N–H and O–H groups in total. The first-order valence-corrected chi connectivity index (χ1v) is 6.74. The minimum absolute atomic E-state index is 0.372. The van der Waals surface area contributed by atoms with Gasteiger partial charge < -0.3 is 5.11 Å². The van der Waals surface area contributed by atoms with Gasteiger partial charge in [-0.2, -0.15) is 17.0 Å². The number of nitrogens with zero attached hydrogens (tertiary/aromatic N) is 2. The second-order valence-corrected chi connectivity index (χ2v) is 6.11. The van der Waals surface area contributed by atoms with Crippen LogP contribution in [0.5, 0.6) is 0 Å². The predicted octanol–water partition coefficient (Wildman–Crippen LogP) is 0.0297. The Hall–Kier alpha value is -0.170. The van der Waals surface area contributed by atoms with Crippen molar-refractivity contribution in [1.29, 1.82) is 0 Å². The van der Waals surface area contributed by atoms with Gasteiger partial charge in [-0.1, -0.05) is 0 Å². The molecule has 0 amide bonds. The number of rotatable bonds is 5. The lowest BCUT2D eigenvalue weighted by Crippen LogP contribution is -2.41. The molecule has 0 saturated carbocycles. The van der Waals surface area contributed by atoms with Gasteiger partial charge in [0, 0.05) is 26.7 Å². The summed E-state index contributed by atoms with van der Waals surface area (Å²) < 4.78 is 26.7. The first-order chi connectivity index (χ1) is 6.94. The fourth-order valence-corrected chi connectivity index (χ4v) is 3.05. The third-order valence-electron chi connectivity index (χ3n) is 2.65. The zero-order chi connectivity index (χ0) is 11.5. The third kappa shape index (κ3) is 3.41. The van der Waals surface area contributed by atoms with Gasteiger partial charge in [0.2, 0.25) is 0 Å². The highest BCUT2D eigenvalue weighted by Gasteiger charge is 2.28. The van der Waals surface area contributed by atoms with E-state index < -0.39 is 16.3 Å². The molecule has 0 aromatic rings. The zero-order valence-corrected chi connectivity index (χ0v) is 10.2. The predicted molar refractivity (Wildman–Crippen MR) is 58.7 cm³/mol. The molecule has 1 aliphatic heterocycles. The van der Waals surface area contributed by atoms with Gasteiger partial charge in [0.05, 0.1) is 6.10 Å². The Balaban J connectivity index is 2.52. The summed E-state index contributed by atoms with van der Waals surface area (Å²) >= 11 is 0. The van der Waals surface area contributed by atoms with Gasteiger partial charge in [0.1, 0.15) is 0 Å². The number of hydrogen-bond donors (Lipinski definition) is 1. The van der Waals surface area contributed by atoms with Gasteiger partial charge in [0.15, 0.2) is 0 Å². The second-order valence-electron chi connectivity index (χ2n) is 4.07. The fourth-order valence-electron chi connectivity index (χ4n) is 1.60. The maximum Gasteiger partial charge on any atom is 0.281 e. The summed E-state index contributed by atoms with van der Waals surface area (Å²) in [6, 6.07) is 0. The average Bonchev–Trinajstić information content (AvgIpc) is 2.66. The molecule has 0 aromatic heterocycles. The standard InChI is InChI=1S/C9H20N2O3S/c1-9(12)5-8-10(2)15(13,14)11-6-3-4-7-11/h9,12H,3-8H2,1-2H3. The van der Waals surface area contributed by atoms with Gasteiger partial charge in [-0.3, -0.25) is 0 Å². The van der Waals surface area contributed by atoms with E-state index in [0.717, 1.165) is 12.8 Å². The molecule has 0 aliphatic carbocycles. The molecule has 1 rings (SSSR count). The monoisotopic (exact) mass is 236 g/mol. The zero-order valence-electron chi connectivity index (χ0n) is 9.39. The lowest BCUT2D eigenvalue weighted by atomic mass is 10.3. The van der Waals surface area contributed by atoms with Crippen LogP contribution in [0.1, 0.15) is 26.2 Å². The highest BCUT2D eigenvalue weighted by Crippen LogP contribution is 2.15. The van der Waals surface area contributed by atoms with Crippen molar-refractivity contribution in [3.05, 3.63) is 0 Å². The van der Waals surface area contributed by atoms with Crippen molar-refractivity contribution in [2.24, 2.45) is 0 Å². The topological polar surface area (TPSA) is 60.9 Å². The van der Waals surface area contributed by atoms with E-state index in [1.807, 2.05) is 0 Å². The van der Waals surface area contributed by atoms with Crippen molar-refractivity contribution >= 4 is 10.2 Å². The van der Waals surface area contributed by atoms with Crippen molar-refractivity contribution in [1.82, 2.24) is 8.61 Å². The van der Waals surface area contributed by atoms with Crippen LogP contribution in [-0.2, 0) is 10.2 Å². The summed E-state index contributed by atoms with van der Waals surface area (Å²) in [6.07, 6.45) is 1.91. The molecule has 15 heavy (non-hydrogen) atoms. The van der Waals surface area contributed by atoms with Crippen LogP contribution in [0.2, 0.25) is 0 Å². The first-order valence-electron chi connectivity index (χ1n) is 5.34. The van der Waals surface area contributed by atoms with Crippen LogP contribution in [0.3, 0.4) is 0 Å². The van der Waals surface area contributed by atoms with E-state index in [9.17, 15) is 8.42 Å². The van der Waals surface area contributed by atoms with E-state index in [-0.39, 0.29) is 0 Å². The molecule has 1 fully saturated rings. The van der Waals surface area contributed by atoms with E-state index in [0.29, 0.717) is 26.1 Å². The molecule has 6 heteroatoms. The fraction of sp³-hybridized carbons (Fsp3) is 1.00. The lowest BCUT2D eigenvalue weighted by molar-refractivity contribution is 0.176. The van der Waals surface area contributed by atoms with Gasteiger partial charge in [-0.15, -0.1) is 0 Å². The second kappa shape index (κ2) is 5.25. The van der Waals surface area contributed by atoms with Gasteiger partial charge >= 0.3 is 0 Å². The van der Waals surface area contributed by atoms with Gasteiger partial charge in [-0.05, 0) is 26.2 Å². The molecule has 1 unspecified atom stereocenters.